The van der Waals surface area contributed by atoms with Crippen molar-refractivity contribution in [3.8, 4) is 0 Å². The maximum Gasteiger partial charge on any atom is 0.336 e. The third-order valence-electron chi connectivity index (χ3n) is 1.43. The molecule has 1 radical (unpaired) electrons. The van der Waals surface area contributed by atoms with E-state index in [1.807, 2.05) is 0 Å². The summed E-state index contributed by atoms with van der Waals surface area (Å²) in [5.74, 6) is -0.972. The summed E-state index contributed by atoms with van der Waals surface area (Å²) < 4.78 is 0. The molecule has 0 unspecified atom stereocenters. The lowest BCUT2D eigenvalue weighted by atomic mass is 10.1. The molecule has 0 aliphatic heterocycles. The van der Waals surface area contributed by atoms with Gasteiger partial charge in [0.2, 0.25) is 0 Å². The lowest BCUT2D eigenvalue weighted by Crippen LogP contribution is -1.86. The second-order valence-electron chi connectivity index (χ2n) is 2.50. The number of hydrogen-bond donors (Lipinski definition) is 1. The van der Waals surface area contributed by atoms with Gasteiger partial charge in [-0.25, -0.2) is 4.79 Å². The lowest BCUT2D eigenvalue weighted by Gasteiger charge is -1.92. The molecule has 0 aromatic carbocycles. The predicted octanol–water partition coefficient (Wildman–Crippen LogP) is 2.40. The van der Waals surface area contributed by atoms with Gasteiger partial charge >= 0.3 is 5.97 Å². The van der Waals surface area contributed by atoms with E-state index in [4.69, 9.17) is 5.11 Å². The molecule has 11 heavy (non-hydrogen) atoms. The summed E-state index contributed by atoms with van der Waals surface area (Å²) in [4.78, 5) is 9.95. The first-order chi connectivity index (χ1) is 5.27. The number of carboxylic acids is 1. The second kappa shape index (κ2) is 7.32. The molecule has 0 saturated carbocycles. The van der Waals surface area contributed by atoms with Crippen LogP contribution in [-0.4, -0.2) is 11.1 Å². The molecule has 2 nitrogen and oxygen atoms in total. The highest BCUT2D eigenvalue weighted by atomic mass is 16.4. The minimum absolute atomic E-state index is 0.840. The van der Waals surface area contributed by atoms with Gasteiger partial charge in [0.05, 0.1) is 6.08 Å². The Morgan fingerprint density at radius 2 is 2.18 bits per heavy atom. The highest BCUT2D eigenvalue weighted by Crippen LogP contribution is 2.02. The Hall–Kier alpha value is -0.790. The average molecular weight is 155 g/mol. The number of unbranched alkanes of at least 4 members (excludes halogenated alkanes) is 4. The Kier molecular flexibility index (Phi) is 6.79. The van der Waals surface area contributed by atoms with Crippen LogP contribution in [0.1, 0.15) is 39.0 Å². The van der Waals surface area contributed by atoms with Gasteiger partial charge in [-0.1, -0.05) is 32.3 Å². The van der Waals surface area contributed by atoms with E-state index in [1.54, 1.807) is 6.08 Å². The van der Waals surface area contributed by atoms with E-state index < -0.39 is 5.97 Å². The van der Waals surface area contributed by atoms with E-state index in [0.717, 1.165) is 12.8 Å². The van der Waals surface area contributed by atoms with Crippen LogP contribution in [0.5, 0.6) is 0 Å². The first-order valence-corrected chi connectivity index (χ1v) is 4.08. The molecule has 0 amide bonds. The summed E-state index contributed by atoms with van der Waals surface area (Å²) in [5, 5.41) is 8.17. The molecule has 0 aliphatic carbocycles. The van der Waals surface area contributed by atoms with Gasteiger partial charge in [0.15, 0.2) is 0 Å². The number of carboxylic acid groups (broad SMARTS) is 1. The van der Waals surface area contributed by atoms with Crippen molar-refractivity contribution in [3.05, 3.63) is 12.2 Å². The van der Waals surface area contributed by atoms with Crippen molar-refractivity contribution in [2.45, 2.75) is 39.0 Å². The molecule has 0 atom stereocenters. The smallest absolute Gasteiger partial charge is 0.336 e. The summed E-state index contributed by atoms with van der Waals surface area (Å²) in [6, 6.07) is 0. The van der Waals surface area contributed by atoms with Gasteiger partial charge in [-0.15, -0.1) is 0 Å². The van der Waals surface area contributed by atoms with Crippen molar-refractivity contribution in [2.75, 3.05) is 0 Å². The molecule has 0 saturated heterocycles. The number of hydrogen-bond acceptors (Lipinski definition) is 1. The fraction of sp³-hybridized carbons (Fsp3) is 0.667. The van der Waals surface area contributed by atoms with E-state index in [-0.39, 0.29) is 0 Å². The fourth-order valence-corrected chi connectivity index (χ4v) is 0.833. The molecule has 2 heteroatoms. The first kappa shape index (κ1) is 10.2. The highest BCUT2D eigenvalue weighted by Gasteiger charge is 1.87. The monoisotopic (exact) mass is 155 g/mol. The van der Waals surface area contributed by atoms with Crippen LogP contribution in [-0.2, 0) is 4.79 Å². The van der Waals surface area contributed by atoms with Crippen molar-refractivity contribution >= 4 is 5.97 Å². The van der Waals surface area contributed by atoms with E-state index in [2.05, 4.69) is 13.0 Å². The first-order valence-electron chi connectivity index (χ1n) is 4.08. The van der Waals surface area contributed by atoms with Crippen LogP contribution >= 0.6 is 0 Å². The average Bonchev–Trinajstić information content (AvgIpc) is 1.96. The van der Waals surface area contributed by atoms with E-state index in [9.17, 15) is 4.79 Å². The van der Waals surface area contributed by atoms with Crippen LogP contribution in [0.3, 0.4) is 0 Å². The topological polar surface area (TPSA) is 37.3 Å². The number of allylic oxidation sites excluding steroid dienone is 1. The van der Waals surface area contributed by atoms with Crippen LogP contribution < -0.4 is 0 Å². The molecule has 1 N–H and O–H groups in total. The molecule has 0 aromatic heterocycles. The third kappa shape index (κ3) is 9.21. The predicted molar refractivity (Wildman–Crippen MR) is 44.2 cm³/mol. The quantitative estimate of drug-likeness (QED) is 0.472. The van der Waals surface area contributed by atoms with Crippen LogP contribution in [0.15, 0.2) is 6.08 Å². The highest BCUT2D eigenvalue weighted by molar-refractivity contribution is 5.75. The summed E-state index contributed by atoms with van der Waals surface area (Å²) in [6.45, 7) is 2.15. The van der Waals surface area contributed by atoms with Crippen molar-refractivity contribution in [1.29, 1.82) is 0 Å². The van der Waals surface area contributed by atoms with Gasteiger partial charge in [0.1, 0.15) is 0 Å². The van der Waals surface area contributed by atoms with Crippen molar-refractivity contribution < 1.29 is 9.90 Å². The van der Waals surface area contributed by atoms with E-state index >= 15 is 0 Å². The minimum Gasteiger partial charge on any atom is -0.478 e. The minimum atomic E-state index is -0.972. The molecule has 0 rings (SSSR count). The molecular formula is C9H15O2. The summed E-state index contributed by atoms with van der Waals surface area (Å²) in [6.07, 6.45) is 9.37. The molecule has 0 fully saturated rings. The Balaban J connectivity index is 3.07. The molecule has 0 spiro atoms. The Morgan fingerprint density at radius 1 is 1.45 bits per heavy atom. The summed E-state index contributed by atoms with van der Waals surface area (Å²) >= 11 is 0. The maximum atomic E-state index is 9.95. The SMILES string of the molecule is CCCCCC/C=[C]\C(=O)O. The van der Waals surface area contributed by atoms with Crippen LogP contribution in [0.2, 0.25) is 0 Å². The van der Waals surface area contributed by atoms with Crippen molar-refractivity contribution in [1.82, 2.24) is 0 Å². The van der Waals surface area contributed by atoms with Crippen molar-refractivity contribution in [3.63, 3.8) is 0 Å². The summed E-state index contributed by atoms with van der Waals surface area (Å²) in [5.41, 5.74) is 0. The molecule has 63 valence electrons. The van der Waals surface area contributed by atoms with Crippen LogP contribution in [0.25, 0.3) is 0 Å². The fourth-order valence-electron chi connectivity index (χ4n) is 0.833. The van der Waals surface area contributed by atoms with Gasteiger partial charge in [0, 0.05) is 0 Å². The number of aliphatic carboxylic acids is 1. The lowest BCUT2D eigenvalue weighted by molar-refractivity contribution is -0.132. The zero-order valence-electron chi connectivity index (χ0n) is 6.97. The zero-order valence-corrected chi connectivity index (χ0v) is 6.97. The van der Waals surface area contributed by atoms with E-state index in [1.165, 1.54) is 19.3 Å². The molecule has 0 bridgehead atoms. The standard InChI is InChI=1S/C9H15O2/c1-2-3-4-5-6-7-8-9(10)11/h7H,2-6H2,1H3,(H,10,11). The second-order valence-corrected chi connectivity index (χ2v) is 2.50. The zero-order chi connectivity index (χ0) is 8.53. The van der Waals surface area contributed by atoms with Gasteiger partial charge < -0.3 is 5.11 Å². The van der Waals surface area contributed by atoms with Crippen LogP contribution in [0, 0.1) is 6.08 Å². The molecule has 0 aliphatic rings. The van der Waals surface area contributed by atoms with Crippen LogP contribution in [0.4, 0.5) is 0 Å². The normalized spacial score (nSPS) is 10.6. The molecular weight excluding hydrogens is 140 g/mol. The number of carbonyl (C=O) groups is 1. The summed E-state index contributed by atoms with van der Waals surface area (Å²) in [7, 11) is 0. The largest absolute Gasteiger partial charge is 0.478 e. The van der Waals surface area contributed by atoms with Gasteiger partial charge in [-0.05, 0) is 12.8 Å². The van der Waals surface area contributed by atoms with Gasteiger partial charge in [0.25, 0.3) is 0 Å². The molecule has 0 heterocycles. The molecule has 0 aromatic rings. The number of rotatable bonds is 6. The van der Waals surface area contributed by atoms with Gasteiger partial charge in [-0.2, -0.15) is 0 Å². The maximum absolute atomic E-state index is 9.95. The Bertz CT molecular complexity index is 128. The van der Waals surface area contributed by atoms with E-state index in [0.29, 0.717) is 0 Å². The third-order valence-corrected chi connectivity index (χ3v) is 1.43. The Labute approximate surface area is 67.9 Å². The Morgan fingerprint density at radius 3 is 2.73 bits per heavy atom. The van der Waals surface area contributed by atoms with Gasteiger partial charge in [-0.3, -0.25) is 0 Å². The van der Waals surface area contributed by atoms with Crippen molar-refractivity contribution in [2.24, 2.45) is 0 Å².